The average Bonchev–Trinajstić information content (AvgIpc) is 2.90. The van der Waals surface area contributed by atoms with E-state index >= 15 is 0 Å². The number of nitrogens with one attached hydrogen (secondary N) is 2. The molecule has 0 spiro atoms. The van der Waals surface area contributed by atoms with Gasteiger partial charge in [0.05, 0.1) is 13.0 Å². The second-order valence-corrected chi connectivity index (χ2v) is 4.26. The maximum absolute atomic E-state index is 11.8. The number of benzene rings is 1. The van der Waals surface area contributed by atoms with Crippen molar-refractivity contribution >= 4 is 5.91 Å². The van der Waals surface area contributed by atoms with Crippen LogP contribution in [0.15, 0.2) is 24.3 Å². The highest BCUT2D eigenvalue weighted by Crippen LogP contribution is 2.13. The molecular weight excluding hydrogens is 216 g/mol. The molecule has 1 saturated heterocycles. The summed E-state index contributed by atoms with van der Waals surface area (Å²) in [6.07, 6.45) is 0.934. The van der Waals surface area contributed by atoms with E-state index in [1.54, 1.807) is 7.11 Å². The lowest BCUT2D eigenvalue weighted by Gasteiger charge is -2.10. The van der Waals surface area contributed by atoms with Crippen LogP contribution in [0.1, 0.15) is 12.0 Å². The minimum absolute atomic E-state index is 0.126. The van der Waals surface area contributed by atoms with Crippen molar-refractivity contribution in [1.82, 2.24) is 10.6 Å². The first-order valence-corrected chi connectivity index (χ1v) is 5.91. The van der Waals surface area contributed by atoms with E-state index in [9.17, 15) is 4.79 Å². The largest absolute Gasteiger partial charge is 0.497 e. The highest BCUT2D eigenvalue weighted by molar-refractivity contribution is 5.79. The number of hydrogen-bond donors (Lipinski definition) is 2. The number of amides is 1. The van der Waals surface area contributed by atoms with Crippen LogP contribution in [0.2, 0.25) is 0 Å². The van der Waals surface area contributed by atoms with Crippen LogP contribution in [0.4, 0.5) is 0 Å². The standard InChI is InChI=1S/C13H18N2O2/c1-17-12-4-2-3-10(7-12)8-15-13(16)11-5-6-14-9-11/h2-4,7,11,14H,5-6,8-9H2,1H3,(H,15,16). The summed E-state index contributed by atoms with van der Waals surface area (Å²) in [5.41, 5.74) is 1.06. The van der Waals surface area contributed by atoms with Gasteiger partial charge in [-0.25, -0.2) is 0 Å². The lowest BCUT2D eigenvalue weighted by atomic mass is 10.1. The lowest BCUT2D eigenvalue weighted by Crippen LogP contribution is -2.31. The van der Waals surface area contributed by atoms with Gasteiger partial charge in [0.1, 0.15) is 5.75 Å². The van der Waals surface area contributed by atoms with Crippen molar-refractivity contribution in [2.24, 2.45) is 5.92 Å². The second kappa shape index (κ2) is 5.68. The molecule has 4 heteroatoms. The van der Waals surface area contributed by atoms with Gasteiger partial charge in [0, 0.05) is 13.1 Å². The zero-order valence-corrected chi connectivity index (χ0v) is 10.0. The van der Waals surface area contributed by atoms with Crippen molar-refractivity contribution in [2.75, 3.05) is 20.2 Å². The van der Waals surface area contributed by atoms with Crippen LogP contribution >= 0.6 is 0 Å². The van der Waals surface area contributed by atoms with Crippen molar-refractivity contribution in [3.05, 3.63) is 29.8 Å². The van der Waals surface area contributed by atoms with E-state index in [2.05, 4.69) is 10.6 Å². The van der Waals surface area contributed by atoms with Crippen LogP contribution in [-0.2, 0) is 11.3 Å². The Morgan fingerprint density at radius 1 is 1.59 bits per heavy atom. The van der Waals surface area contributed by atoms with E-state index in [0.717, 1.165) is 30.8 Å². The molecule has 17 heavy (non-hydrogen) atoms. The van der Waals surface area contributed by atoms with Crippen molar-refractivity contribution in [2.45, 2.75) is 13.0 Å². The van der Waals surface area contributed by atoms with Gasteiger partial charge in [0.15, 0.2) is 0 Å². The van der Waals surface area contributed by atoms with Crippen LogP contribution in [0.3, 0.4) is 0 Å². The van der Waals surface area contributed by atoms with Gasteiger partial charge in [-0.1, -0.05) is 12.1 Å². The molecule has 0 radical (unpaired) electrons. The van der Waals surface area contributed by atoms with E-state index in [4.69, 9.17) is 4.74 Å². The first-order chi connectivity index (χ1) is 8.29. The third-order valence-corrected chi connectivity index (χ3v) is 3.03. The molecule has 1 fully saturated rings. The van der Waals surface area contributed by atoms with Gasteiger partial charge in [-0.2, -0.15) is 0 Å². The summed E-state index contributed by atoms with van der Waals surface area (Å²) in [7, 11) is 1.64. The van der Waals surface area contributed by atoms with Gasteiger partial charge in [-0.15, -0.1) is 0 Å². The molecule has 0 bridgehead atoms. The Morgan fingerprint density at radius 2 is 2.47 bits per heavy atom. The Bertz CT molecular complexity index is 387. The molecule has 92 valence electrons. The van der Waals surface area contributed by atoms with Crippen LogP contribution in [0, 0.1) is 5.92 Å². The molecule has 0 saturated carbocycles. The number of methoxy groups -OCH3 is 1. The quantitative estimate of drug-likeness (QED) is 0.814. The summed E-state index contributed by atoms with van der Waals surface area (Å²) in [5.74, 6) is 1.08. The van der Waals surface area contributed by atoms with Crippen molar-refractivity contribution < 1.29 is 9.53 Å². The molecule has 1 amide bonds. The van der Waals surface area contributed by atoms with Gasteiger partial charge in [0.2, 0.25) is 5.91 Å². The third-order valence-electron chi connectivity index (χ3n) is 3.03. The normalized spacial score (nSPS) is 19.0. The molecule has 1 aromatic rings. The van der Waals surface area contributed by atoms with Crippen LogP contribution in [0.25, 0.3) is 0 Å². The number of ether oxygens (including phenoxy) is 1. The minimum atomic E-state index is 0.126. The smallest absolute Gasteiger partial charge is 0.224 e. The van der Waals surface area contributed by atoms with Crippen LogP contribution < -0.4 is 15.4 Å². The topological polar surface area (TPSA) is 50.4 Å². The summed E-state index contributed by atoms with van der Waals surface area (Å²) >= 11 is 0. The average molecular weight is 234 g/mol. The molecule has 1 aliphatic heterocycles. The number of rotatable bonds is 4. The molecule has 2 N–H and O–H groups in total. The van der Waals surface area contributed by atoms with Gasteiger partial charge in [0.25, 0.3) is 0 Å². The minimum Gasteiger partial charge on any atom is -0.497 e. The molecule has 1 atom stereocenters. The predicted octanol–water partition coefficient (Wildman–Crippen LogP) is 0.921. The summed E-state index contributed by atoms with van der Waals surface area (Å²) in [5, 5.41) is 6.15. The predicted molar refractivity (Wildman–Crippen MR) is 65.8 cm³/mol. The molecule has 4 nitrogen and oxygen atoms in total. The highest BCUT2D eigenvalue weighted by atomic mass is 16.5. The van der Waals surface area contributed by atoms with Crippen molar-refractivity contribution in [3.8, 4) is 5.75 Å². The Morgan fingerprint density at radius 3 is 3.18 bits per heavy atom. The number of hydrogen-bond acceptors (Lipinski definition) is 3. The maximum Gasteiger partial charge on any atom is 0.224 e. The van der Waals surface area contributed by atoms with E-state index in [1.165, 1.54) is 0 Å². The first kappa shape index (κ1) is 11.9. The van der Waals surface area contributed by atoms with Crippen LogP contribution in [-0.4, -0.2) is 26.1 Å². The maximum atomic E-state index is 11.8. The fourth-order valence-electron chi connectivity index (χ4n) is 1.99. The van der Waals surface area contributed by atoms with E-state index in [-0.39, 0.29) is 11.8 Å². The molecule has 0 aromatic heterocycles. The Hall–Kier alpha value is -1.55. The monoisotopic (exact) mass is 234 g/mol. The highest BCUT2D eigenvalue weighted by Gasteiger charge is 2.21. The van der Waals surface area contributed by atoms with Crippen LogP contribution in [0.5, 0.6) is 5.75 Å². The Labute approximate surface area is 101 Å². The Balaban J connectivity index is 1.86. The summed E-state index contributed by atoms with van der Waals surface area (Å²) in [4.78, 5) is 11.8. The molecule has 1 aliphatic rings. The van der Waals surface area contributed by atoms with Crippen molar-refractivity contribution in [1.29, 1.82) is 0 Å². The van der Waals surface area contributed by atoms with E-state index in [1.807, 2.05) is 24.3 Å². The van der Waals surface area contributed by atoms with Crippen molar-refractivity contribution in [3.63, 3.8) is 0 Å². The number of carbonyl (C=O) groups is 1. The van der Waals surface area contributed by atoms with Gasteiger partial charge in [-0.3, -0.25) is 4.79 Å². The fraction of sp³-hybridized carbons (Fsp3) is 0.462. The molecular formula is C13H18N2O2. The first-order valence-electron chi connectivity index (χ1n) is 5.91. The molecule has 0 aliphatic carbocycles. The van der Waals surface area contributed by atoms with E-state index in [0.29, 0.717) is 6.54 Å². The zero-order chi connectivity index (χ0) is 12.1. The zero-order valence-electron chi connectivity index (χ0n) is 10.0. The SMILES string of the molecule is COc1cccc(CNC(=O)C2CCNC2)c1. The van der Waals surface area contributed by atoms with Gasteiger partial charge in [-0.05, 0) is 30.7 Å². The van der Waals surface area contributed by atoms with Gasteiger partial charge < -0.3 is 15.4 Å². The number of carbonyl (C=O) groups excluding carboxylic acids is 1. The summed E-state index contributed by atoms with van der Waals surface area (Å²) < 4.78 is 5.14. The molecule has 2 rings (SSSR count). The fourth-order valence-corrected chi connectivity index (χ4v) is 1.99. The van der Waals surface area contributed by atoms with E-state index < -0.39 is 0 Å². The lowest BCUT2D eigenvalue weighted by molar-refractivity contribution is -0.124. The summed E-state index contributed by atoms with van der Waals surface area (Å²) in [6, 6.07) is 7.74. The molecule has 1 aromatic carbocycles. The molecule has 1 unspecified atom stereocenters. The Kier molecular flexibility index (Phi) is 3.98. The third kappa shape index (κ3) is 3.20. The molecule has 1 heterocycles. The van der Waals surface area contributed by atoms with Gasteiger partial charge >= 0.3 is 0 Å². The second-order valence-electron chi connectivity index (χ2n) is 4.26. The summed E-state index contributed by atoms with van der Waals surface area (Å²) in [6.45, 7) is 2.30.